The summed E-state index contributed by atoms with van der Waals surface area (Å²) in [6.45, 7) is 3.40. The van der Waals surface area contributed by atoms with Gasteiger partial charge in [-0.15, -0.1) is 11.3 Å². The van der Waals surface area contributed by atoms with Crippen molar-refractivity contribution in [2.75, 3.05) is 11.5 Å². The van der Waals surface area contributed by atoms with E-state index in [0.29, 0.717) is 4.88 Å². The molecule has 0 aliphatic heterocycles. The van der Waals surface area contributed by atoms with Crippen LogP contribution in [-0.2, 0) is 16.1 Å². The highest BCUT2D eigenvalue weighted by Gasteiger charge is 2.26. The van der Waals surface area contributed by atoms with Gasteiger partial charge in [-0.25, -0.2) is 4.79 Å². The fourth-order valence-electron chi connectivity index (χ4n) is 1.86. The monoisotopic (exact) mass is 350 g/mol. The Morgan fingerprint density at radius 1 is 1.25 bits per heavy atom. The lowest BCUT2D eigenvalue weighted by molar-refractivity contribution is -0.148. The van der Waals surface area contributed by atoms with E-state index in [9.17, 15) is 9.59 Å². The molecule has 0 bridgehead atoms. The highest BCUT2D eigenvalue weighted by Crippen LogP contribution is 2.11. The minimum atomic E-state index is -0.795. The summed E-state index contributed by atoms with van der Waals surface area (Å²) in [6.07, 6.45) is 0. The number of carbonyl (C=O) groups is 2. The van der Waals surface area contributed by atoms with Gasteiger partial charge in [0.2, 0.25) is 11.9 Å². The summed E-state index contributed by atoms with van der Waals surface area (Å²) in [7, 11) is 0. The third-order valence-electron chi connectivity index (χ3n) is 3.01. The van der Waals surface area contributed by atoms with Crippen molar-refractivity contribution >= 4 is 35.1 Å². The first kappa shape index (κ1) is 17.6. The van der Waals surface area contributed by atoms with E-state index in [-0.39, 0.29) is 36.2 Å². The van der Waals surface area contributed by atoms with Gasteiger partial charge < -0.3 is 21.5 Å². The fourth-order valence-corrected chi connectivity index (χ4v) is 2.49. The first-order valence-electron chi connectivity index (χ1n) is 7.13. The molecule has 24 heavy (non-hydrogen) atoms. The van der Waals surface area contributed by atoms with Gasteiger partial charge in [0.25, 0.3) is 5.91 Å². The first-order valence-corrected chi connectivity index (χ1v) is 8.01. The van der Waals surface area contributed by atoms with Crippen molar-refractivity contribution < 1.29 is 14.3 Å². The van der Waals surface area contributed by atoms with E-state index < -0.39 is 12.0 Å². The Bertz CT molecular complexity index is 699. The molecule has 0 spiro atoms. The van der Waals surface area contributed by atoms with Crippen LogP contribution >= 0.6 is 11.3 Å². The number of carbonyl (C=O) groups excluding carboxylic acids is 2. The molecule has 5 N–H and O–H groups in total. The van der Waals surface area contributed by atoms with Crippen molar-refractivity contribution in [2.24, 2.45) is 5.92 Å². The Morgan fingerprint density at radius 3 is 2.46 bits per heavy atom. The van der Waals surface area contributed by atoms with Crippen LogP contribution in [-0.4, -0.2) is 32.9 Å². The molecule has 0 aliphatic carbocycles. The van der Waals surface area contributed by atoms with Gasteiger partial charge in [0.05, 0.1) is 4.88 Å². The number of thiophene rings is 1. The number of hydrogen-bond donors (Lipinski definition) is 3. The van der Waals surface area contributed by atoms with Gasteiger partial charge in [-0.05, 0) is 17.4 Å². The largest absolute Gasteiger partial charge is 0.456 e. The molecule has 0 radical (unpaired) electrons. The normalized spacial score (nSPS) is 12.0. The van der Waals surface area contributed by atoms with Gasteiger partial charge in [-0.1, -0.05) is 19.9 Å². The lowest BCUT2D eigenvalue weighted by Crippen LogP contribution is -2.45. The lowest BCUT2D eigenvalue weighted by Gasteiger charge is -2.20. The third kappa shape index (κ3) is 4.62. The standard InChI is InChI=1S/C14H18N6O3S/c1-7(2)10(19-11(21)8-4-3-5-24-8)12(22)23-6-9-17-13(15)20-14(16)18-9/h3-5,7,10H,6H2,1-2H3,(H,19,21)(H4,15,16,17,18,20)/t10-/m1/s1. The molecule has 0 saturated carbocycles. The van der Waals surface area contributed by atoms with Crippen molar-refractivity contribution in [3.63, 3.8) is 0 Å². The van der Waals surface area contributed by atoms with Gasteiger partial charge in [-0.3, -0.25) is 4.79 Å². The van der Waals surface area contributed by atoms with E-state index >= 15 is 0 Å². The third-order valence-corrected chi connectivity index (χ3v) is 3.88. The Hall–Kier alpha value is -2.75. The summed E-state index contributed by atoms with van der Waals surface area (Å²) < 4.78 is 5.17. The van der Waals surface area contributed by atoms with E-state index in [2.05, 4.69) is 20.3 Å². The lowest BCUT2D eigenvalue weighted by atomic mass is 10.0. The van der Waals surface area contributed by atoms with Crippen LogP contribution in [0.3, 0.4) is 0 Å². The number of aromatic nitrogens is 3. The molecule has 0 unspecified atom stereocenters. The molecule has 2 heterocycles. The SMILES string of the molecule is CC(C)[C@@H](NC(=O)c1cccs1)C(=O)OCc1nc(N)nc(N)n1. The molecule has 1 amide bonds. The first-order chi connectivity index (χ1) is 11.4. The van der Waals surface area contributed by atoms with Gasteiger partial charge in [-0.2, -0.15) is 15.0 Å². The molecule has 2 aromatic heterocycles. The summed E-state index contributed by atoms with van der Waals surface area (Å²) in [5.74, 6) is -1.04. The fraction of sp³-hybridized carbons (Fsp3) is 0.357. The van der Waals surface area contributed by atoms with Crippen LogP contribution in [0.5, 0.6) is 0 Å². The van der Waals surface area contributed by atoms with Crippen LogP contribution in [0.15, 0.2) is 17.5 Å². The van der Waals surface area contributed by atoms with E-state index in [4.69, 9.17) is 16.2 Å². The van der Waals surface area contributed by atoms with Gasteiger partial charge in [0.1, 0.15) is 6.04 Å². The zero-order valence-corrected chi connectivity index (χ0v) is 14.0. The zero-order chi connectivity index (χ0) is 17.7. The Labute approximate surface area is 142 Å². The second-order valence-corrected chi connectivity index (χ2v) is 6.20. The molecule has 10 heteroatoms. The second kappa shape index (κ2) is 7.68. The van der Waals surface area contributed by atoms with E-state index in [0.717, 1.165) is 0 Å². The molecule has 0 aliphatic rings. The highest BCUT2D eigenvalue weighted by molar-refractivity contribution is 7.12. The number of amides is 1. The number of ether oxygens (including phenoxy) is 1. The maximum Gasteiger partial charge on any atom is 0.329 e. The molecule has 2 rings (SSSR count). The Morgan fingerprint density at radius 2 is 1.92 bits per heavy atom. The summed E-state index contributed by atoms with van der Waals surface area (Å²) in [6, 6.07) is 2.65. The number of nitrogens with two attached hydrogens (primary N) is 2. The number of esters is 1. The molecule has 1 atom stereocenters. The number of nitrogens with one attached hydrogen (secondary N) is 1. The van der Waals surface area contributed by atoms with Crippen molar-refractivity contribution in [1.82, 2.24) is 20.3 Å². The average molecular weight is 350 g/mol. The average Bonchev–Trinajstić information content (AvgIpc) is 3.03. The smallest absolute Gasteiger partial charge is 0.329 e. The number of nitrogen functional groups attached to an aromatic ring is 2. The van der Waals surface area contributed by atoms with E-state index in [1.54, 1.807) is 31.4 Å². The summed E-state index contributed by atoms with van der Waals surface area (Å²) in [5.41, 5.74) is 10.9. The quantitative estimate of drug-likeness (QED) is 0.642. The predicted molar refractivity (Wildman–Crippen MR) is 88.9 cm³/mol. The molecule has 128 valence electrons. The molecule has 0 aromatic carbocycles. The van der Waals surface area contributed by atoms with Crippen LogP contribution in [0, 0.1) is 5.92 Å². The summed E-state index contributed by atoms with van der Waals surface area (Å²) >= 11 is 1.29. The van der Waals surface area contributed by atoms with Crippen LogP contribution in [0.2, 0.25) is 0 Å². The van der Waals surface area contributed by atoms with Gasteiger partial charge >= 0.3 is 5.97 Å². The number of hydrogen-bond acceptors (Lipinski definition) is 9. The maximum atomic E-state index is 12.3. The predicted octanol–water partition coefficient (Wildman–Crippen LogP) is 0.595. The number of rotatable bonds is 6. The second-order valence-electron chi connectivity index (χ2n) is 5.25. The molecule has 2 aromatic rings. The van der Waals surface area contributed by atoms with Crippen LogP contribution < -0.4 is 16.8 Å². The molecular weight excluding hydrogens is 332 g/mol. The Balaban J connectivity index is 1.99. The summed E-state index contributed by atoms with van der Waals surface area (Å²) in [5, 5.41) is 4.46. The minimum Gasteiger partial charge on any atom is -0.456 e. The van der Waals surface area contributed by atoms with E-state index in [1.165, 1.54) is 11.3 Å². The van der Waals surface area contributed by atoms with Gasteiger partial charge in [0.15, 0.2) is 12.4 Å². The van der Waals surface area contributed by atoms with Crippen molar-refractivity contribution in [3.8, 4) is 0 Å². The highest BCUT2D eigenvalue weighted by atomic mass is 32.1. The van der Waals surface area contributed by atoms with Crippen LogP contribution in [0.4, 0.5) is 11.9 Å². The van der Waals surface area contributed by atoms with E-state index in [1.807, 2.05) is 0 Å². The van der Waals surface area contributed by atoms with Crippen molar-refractivity contribution in [1.29, 1.82) is 0 Å². The van der Waals surface area contributed by atoms with Crippen molar-refractivity contribution in [3.05, 3.63) is 28.2 Å². The zero-order valence-electron chi connectivity index (χ0n) is 13.2. The Kier molecular flexibility index (Phi) is 5.64. The van der Waals surface area contributed by atoms with Crippen LogP contribution in [0.1, 0.15) is 29.3 Å². The maximum absolute atomic E-state index is 12.3. The minimum absolute atomic E-state index is 0.0556. The van der Waals surface area contributed by atoms with Crippen LogP contribution in [0.25, 0.3) is 0 Å². The number of anilines is 2. The molecular formula is C14H18N6O3S. The summed E-state index contributed by atoms with van der Waals surface area (Å²) in [4.78, 5) is 36.2. The topological polar surface area (TPSA) is 146 Å². The molecule has 0 fully saturated rings. The van der Waals surface area contributed by atoms with Gasteiger partial charge in [0, 0.05) is 0 Å². The molecule has 0 saturated heterocycles. The number of nitrogens with zero attached hydrogens (tertiary/aromatic N) is 3. The molecule has 9 nitrogen and oxygen atoms in total. The van der Waals surface area contributed by atoms with Crippen molar-refractivity contribution in [2.45, 2.75) is 26.5 Å².